The van der Waals surface area contributed by atoms with Gasteiger partial charge in [0.25, 0.3) is 0 Å². The summed E-state index contributed by atoms with van der Waals surface area (Å²) in [7, 11) is 1.39. The summed E-state index contributed by atoms with van der Waals surface area (Å²) >= 11 is 0. The molecular weight excluding hydrogens is 266 g/mol. The van der Waals surface area contributed by atoms with E-state index >= 15 is 0 Å². The Labute approximate surface area is 125 Å². The van der Waals surface area contributed by atoms with Crippen molar-refractivity contribution in [3.05, 3.63) is 29.8 Å². The van der Waals surface area contributed by atoms with Crippen molar-refractivity contribution in [1.29, 1.82) is 0 Å². The number of unbranched alkanes of at least 4 members (excludes halogenated alkanes) is 3. The van der Waals surface area contributed by atoms with Gasteiger partial charge in [0.15, 0.2) is 0 Å². The van der Waals surface area contributed by atoms with E-state index in [9.17, 15) is 9.59 Å². The Kier molecular flexibility index (Phi) is 7.67. The summed E-state index contributed by atoms with van der Waals surface area (Å²) < 4.78 is 4.56. The number of nitrogens with one attached hydrogen (secondary N) is 1. The topological polar surface area (TPSA) is 55.4 Å². The van der Waals surface area contributed by atoms with Gasteiger partial charge in [-0.25, -0.2) is 0 Å². The zero-order valence-electron chi connectivity index (χ0n) is 12.4. The predicted molar refractivity (Wildman–Crippen MR) is 82.7 cm³/mol. The molecule has 0 aliphatic rings. The predicted octanol–water partition coefficient (Wildman–Crippen LogP) is 3.12. The Morgan fingerprint density at radius 3 is 2.29 bits per heavy atom. The van der Waals surface area contributed by atoms with Crippen molar-refractivity contribution in [1.82, 2.24) is 0 Å². The molecule has 1 aromatic carbocycles. The fourth-order valence-electron chi connectivity index (χ4n) is 1.88. The zero-order valence-corrected chi connectivity index (χ0v) is 12.4. The van der Waals surface area contributed by atoms with Crippen LogP contribution in [0.25, 0.3) is 0 Å². The summed E-state index contributed by atoms with van der Waals surface area (Å²) in [5.74, 6) is 2.35. The molecule has 0 fully saturated rings. The minimum absolute atomic E-state index is 0.00331. The number of methoxy groups -OCH3 is 1. The average Bonchev–Trinajstić information content (AvgIpc) is 2.51. The van der Waals surface area contributed by atoms with Crippen molar-refractivity contribution in [2.24, 2.45) is 0 Å². The summed E-state index contributed by atoms with van der Waals surface area (Å²) in [4.78, 5) is 22.6. The Balaban J connectivity index is 2.13. The van der Waals surface area contributed by atoms with E-state index in [0.29, 0.717) is 12.8 Å². The van der Waals surface area contributed by atoms with Crippen molar-refractivity contribution in [3.63, 3.8) is 0 Å². The van der Waals surface area contributed by atoms with Gasteiger partial charge in [-0.05, 0) is 37.1 Å². The van der Waals surface area contributed by atoms with Crippen molar-refractivity contribution in [2.75, 3.05) is 12.4 Å². The smallest absolute Gasteiger partial charge is 0.305 e. The third-order valence-electron chi connectivity index (χ3n) is 3.10. The molecule has 0 spiro atoms. The Hall–Kier alpha value is -2.28. The maximum Gasteiger partial charge on any atom is 0.305 e. The van der Waals surface area contributed by atoms with Gasteiger partial charge in [0, 0.05) is 24.1 Å². The summed E-state index contributed by atoms with van der Waals surface area (Å²) in [5.41, 5.74) is 1.54. The fourth-order valence-corrected chi connectivity index (χ4v) is 1.88. The highest BCUT2D eigenvalue weighted by atomic mass is 16.5. The monoisotopic (exact) mass is 287 g/mol. The number of amides is 1. The van der Waals surface area contributed by atoms with Gasteiger partial charge < -0.3 is 10.1 Å². The third-order valence-corrected chi connectivity index (χ3v) is 3.10. The first-order valence-electron chi connectivity index (χ1n) is 7.09. The van der Waals surface area contributed by atoms with Crippen LogP contribution in [-0.4, -0.2) is 19.0 Å². The molecule has 21 heavy (non-hydrogen) atoms. The molecule has 0 unspecified atom stereocenters. The summed E-state index contributed by atoms with van der Waals surface area (Å²) in [6, 6.07) is 7.18. The fraction of sp³-hybridized carbons (Fsp3) is 0.412. The summed E-state index contributed by atoms with van der Waals surface area (Å²) in [5, 5.41) is 2.83. The number of rotatable bonds is 8. The van der Waals surface area contributed by atoms with Crippen LogP contribution in [0.1, 0.15) is 44.1 Å². The van der Waals surface area contributed by atoms with E-state index in [2.05, 4.69) is 16.0 Å². The molecule has 0 saturated carbocycles. The van der Waals surface area contributed by atoms with Crippen molar-refractivity contribution >= 4 is 17.6 Å². The number of hydrogen-bond acceptors (Lipinski definition) is 3. The standard InChI is InChI=1S/C17H21NO3/c1-3-14-10-12-15(13-11-14)18-16(19)8-6-4-5-7-9-17(20)21-2/h1,10-13H,4-9H2,2H3,(H,18,19). The largest absolute Gasteiger partial charge is 0.469 e. The number of carbonyl (C=O) groups excluding carboxylic acids is 2. The molecule has 0 aliphatic heterocycles. The summed E-state index contributed by atoms with van der Waals surface area (Å²) in [6.45, 7) is 0. The van der Waals surface area contributed by atoms with Gasteiger partial charge in [0.05, 0.1) is 7.11 Å². The Bertz CT molecular complexity index is 500. The lowest BCUT2D eigenvalue weighted by Gasteiger charge is -2.05. The number of carbonyl (C=O) groups is 2. The van der Waals surface area contributed by atoms with E-state index in [1.807, 2.05) is 0 Å². The molecule has 0 aliphatic carbocycles. The van der Waals surface area contributed by atoms with Crippen LogP contribution in [0.2, 0.25) is 0 Å². The van der Waals surface area contributed by atoms with Crippen LogP contribution in [0.3, 0.4) is 0 Å². The molecule has 0 heterocycles. The molecule has 0 radical (unpaired) electrons. The number of anilines is 1. The molecule has 112 valence electrons. The van der Waals surface area contributed by atoms with Crippen LogP contribution in [0.15, 0.2) is 24.3 Å². The number of esters is 1. The van der Waals surface area contributed by atoms with Crippen LogP contribution >= 0.6 is 0 Å². The lowest BCUT2D eigenvalue weighted by atomic mass is 10.1. The van der Waals surface area contributed by atoms with E-state index < -0.39 is 0 Å². The molecule has 0 aromatic heterocycles. The molecular formula is C17H21NO3. The van der Waals surface area contributed by atoms with Crippen molar-refractivity contribution in [2.45, 2.75) is 38.5 Å². The van der Waals surface area contributed by atoms with Crippen molar-refractivity contribution < 1.29 is 14.3 Å². The zero-order chi connectivity index (χ0) is 15.5. The van der Waals surface area contributed by atoms with Gasteiger partial charge in [0.2, 0.25) is 5.91 Å². The lowest BCUT2D eigenvalue weighted by molar-refractivity contribution is -0.140. The number of terminal acetylenes is 1. The van der Waals surface area contributed by atoms with Crippen LogP contribution in [0.4, 0.5) is 5.69 Å². The number of benzene rings is 1. The minimum atomic E-state index is -0.178. The quantitative estimate of drug-likeness (QED) is 0.454. The van der Waals surface area contributed by atoms with Gasteiger partial charge in [-0.1, -0.05) is 18.8 Å². The van der Waals surface area contributed by atoms with Gasteiger partial charge >= 0.3 is 5.97 Å². The van der Waals surface area contributed by atoms with Crippen LogP contribution in [0.5, 0.6) is 0 Å². The number of ether oxygens (including phenoxy) is 1. The Morgan fingerprint density at radius 1 is 1.10 bits per heavy atom. The van der Waals surface area contributed by atoms with Crippen LogP contribution in [-0.2, 0) is 14.3 Å². The molecule has 1 N–H and O–H groups in total. The maximum absolute atomic E-state index is 11.7. The van der Waals surface area contributed by atoms with E-state index in [1.165, 1.54) is 7.11 Å². The third kappa shape index (κ3) is 7.17. The van der Waals surface area contributed by atoms with Crippen LogP contribution < -0.4 is 5.32 Å². The second-order valence-corrected chi connectivity index (χ2v) is 4.76. The van der Waals surface area contributed by atoms with E-state index in [4.69, 9.17) is 6.42 Å². The van der Waals surface area contributed by atoms with Crippen LogP contribution in [0, 0.1) is 12.3 Å². The highest BCUT2D eigenvalue weighted by molar-refractivity contribution is 5.90. The highest BCUT2D eigenvalue weighted by Gasteiger charge is 2.03. The lowest BCUT2D eigenvalue weighted by Crippen LogP contribution is -2.10. The Morgan fingerprint density at radius 2 is 1.71 bits per heavy atom. The second kappa shape index (κ2) is 9.60. The SMILES string of the molecule is C#Cc1ccc(NC(=O)CCCCCCC(=O)OC)cc1. The van der Waals surface area contributed by atoms with E-state index in [-0.39, 0.29) is 11.9 Å². The molecule has 0 saturated heterocycles. The second-order valence-electron chi connectivity index (χ2n) is 4.76. The van der Waals surface area contributed by atoms with E-state index in [0.717, 1.165) is 36.9 Å². The summed E-state index contributed by atoms with van der Waals surface area (Å²) in [6.07, 6.45) is 9.68. The van der Waals surface area contributed by atoms with Gasteiger partial charge in [-0.15, -0.1) is 6.42 Å². The molecule has 1 aromatic rings. The molecule has 4 nitrogen and oxygen atoms in total. The molecule has 0 atom stereocenters. The molecule has 0 bridgehead atoms. The average molecular weight is 287 g/mol. The van der Waals surface area contributed by atoms with Crippen molar-refractivity contribution in [3.8, 4) is 12.3 Å². The highest BCUT2D eigenvalue weighted by Crippen LogP contribution is 2.11. The van der Waals surface area contributed by atoms with Gasteiger partial charge in [0.1, 0.15) is 0 Å². The molecule has 4 heteroatoms. The van der Waals surface area contributed by atoms with Gasteiger partial charge in [-0.3, -0.25) is 9.59 Å². The number of hydrogen-bond donors (Lipinski definition) is 1. The molecule has 1 rings (SSSR count). The maximum atomic E-state index is 11.7. The van der Waals surface area contributed by atoms with E-state index in [1.54, 1.807) is 24.3 Å². The first kappa shape index (κ1) is 16.8. The first-order valence-corrected chi connectivity index (χ1v) is 7.09. The minimum Gasteiger partial charge on any atom is -0.469 e. The first-order chi connectivity index (χ1) is 10.2. The normalized spacial score (nSPS) is 9.71. The van der Waals surface area contributed by atoms with Gasteiger partial charge in [-0.2, -0.15) is 0 Å². The molecule has 1 amide bonds.